The molecule has 0 spiro atoms. The van der Waals surface area contributed by atoms with E-state index in [-0.39, 0.29) is 12.5 Å². The summed E-state index contributed by atoms with van der Waals surface area (Å²) < 4.78 is 7.62. The van der Waals surface area contributed by atoms with E-state index in [0.29, 0.717) is 18.6 Å². The van der Waals surface area contributed by atoms with Gasteiger partial charge >= 0.3 is 0 Å². The molecule has 25 heavy (non-hydrogen) atoms. The van der Waals surface area contributed by atoms with Crippen LogP contribution >= 0.6 is 0 Å². The zero-order chi connectivity index (χ0) is 17.4. The highest BCUT2D eigenvalue weighted by atomic mass is 16.5. The molecule has 1 aliphatic heterocycles. The molecule has 1 saturated carbocycles. The summed E-state index contributed by atoms with van der Waals surface area (Å²) in [6, 6.07) is 6.44. The van der Waals surface area contributed by atoms with Gasteiger partial charge < -0.3 is 10.1 Å². The van der Waals surface area contributed by atoms with Crippen LogP contribution < -0.4 is 10.1 Å². The van der Waals surface area contributed by atoms with E-state index in [1.807, 2.05) is 23.0 Å². The van der Waals surface area contributed by atoms with Gasteiger partial charge in [-0.25, -0.2) is 0 Å². The van der Waals surface area contributed by atoms with Crippen LogP contribution in [0.4, 0.5) is 0 Å². The number of aromatic nitrogens is 2. The van der Waals surface area contributed by atoms with Crippen LogP contribution in [0.3, 0.4) is 0 Å². The maximum Gasteiger partial charge on any atom is 0.241 e. The molecule has 5 heteroatoms. The van der Waals surface area contributed by atoms with Crippen molar-refractivity contribution in [1.82, 2.24) is 15.1 Å². The number of hydrogen-bond donors (Lipinski definition) is 1. The Kier molecular flexibility index (Phi) is 4.24. The van der Waals surface area contributed by atoms with Crippen molar-refractivity contribution in [3.05, 3.63) is 35.5 Å². The maximum absolute atomic E-state index is 12.6. The fourth-order valence-electron chi connectivity index (χ4n) is 3.99. The van der Waals surface area contributed by atoms with Gasteiger partial charge in [0.25, 0.3) is 0 Å². The lowest BCUT2D eigenvalue weighted by Gasteiger charge is -2.29. The van der Waals surface area contributed by atoms with Crippen molar-refractivity contribution < 1.29 is 9.53 Å². The molecule has 1 amide bonds. The summed E-state index contributed by atoms with van der Waals surface area (Å²) in [6.45, 7) is 5.06. The fourth-order valence-corrected chi connectivity index (χ4v) is 3.99. The van der Waals surface area contributed by atoms with Crippen LogP contribution in [-0.2, 0) is 17.9 Å². The largest absolute Gasteiger partial charge is 0.488 e. The lowest BCUT2D eigenvalue weighted by atomic mass is 9.86. The smallest absolute Gasteiger partial charge is 0.241 e. The number of fused-ring (bicyclic) bond motifs is 3. The van der Waals surface area contributed by atoms with Crippen LogP contribution in [0.1, 0.15) is 43.7 Å². The molecular weight excluding hydrogens is 314 g/mol. The van der Waals surface area contributed by atoms with Gasteiger partial charge in [-0.15, -0.1) is 0 Å². The zero-order valence-electron chi connectivity index (χ0n) is 14.9. The Bertz CT molecular complexity index is 796. The molecular formula is C20H25N3O2. The highest BCUT2D eigenvalue weighted by molar-refractivity contribution is 5.78. The average Bonchev–Trinajstić information content (AvgIpc) is 3.00. The number of rotatable bonds is 3. The van der Waals surface area contributed by atoms with Crippen LogP contribution in [0.2, 0.25) is 0 Å². The SMILES string of the molecule is Cc1ccc2c(c1)-c1c(cnn1CC(=O)N[C@@H]1CCCC[C@H]1C)CO2. The summed E-state index contributed by atoms with van der Waals surface area (Å²) in [6.07, 6.45) is 6.58. The normalized spacial score (nSPS) is 21.8. The Balaban J connectivity index is 1.55. The van der Waals surface area contributed by atoms with Crippen molar-refractivity contribution >= 4 is 5.91 Å². The quantitative estimate of drug-likeness (QED) is 0.932. The number of carbonyl (C=O) groups excluding carboxylic acids is 1. The molecule has 132 valence electrons. The van der Waals surface area contributed by atoms with Crippen molar-refractivity contribution in [3.63, 3.8) is 0 Å². The van der Waals surface area contributed by atoms with Gasteiger partial charge in [-0.05, 0) is 37.8 Å². The lowest BCUT2D eigenvalue weighted by molar-refractivity contribution is -0.123. The summed E-state index contributed by atoms with van der Waals surface area (Å²) in [5.74, 6) is 1.47. The summed E-state index contributed by atoms with van der Waals surface area (Å²) in [5, 5.41) is 7.67. The standard InChI is InChI=1S/C20H25N3O2/c1-13-7-8-18-16(9-13)20-15(12-25-18)10-21-23(20)11-19(24)22-17-6-4-3-5-14(17)2/h7-10,14,17H,3-6,11-12H2,1-2H3,(H,22,24)/t14-,17-/m1/s1. The van der Waals surface area contributed by atoms with Gasteiger partial charge in [0.05, 0.1) is 11.9 Å². The molecule has 2 heterocycles. The van der Waals surface area contributed by atoms with Crippen LogP contribution in [0.25, 0.3) is 11.3 Å². The van der Waals surface area contributed by atoms with E-state index in [0.717, 1.165) is 29.0 Å². The Morgan fingerprint density at radius 2 is 2.20 bits per heavy atom. The molecule has 1 aromatic carbocycles. The van der Waals surface area contributed by atoms with Crippen LogP contribution in [0.15, 0.2) is 24.4 Å². The van der Waals surface area contributed by atoms with Crippen LogP contribution in [0.5, 0.6) is 5.75 Å². The number of hydrogen-bond acceptors (Lipinski definition) is 3. The van der Waals surface area contributed by atoms with Gasteiger partial charge in [0.2, 0.25) is 5.91 Å². The maximum atomic E-state index is 12.6. The van der Waals surface area contributed by atoms with Gasteiger partial charge in [0.1, 0.15) is 18.9 Å². The summed E-state index contributed by atoms with van der Waals surface area (Å²) in [4.78, 5) is 12.6. The number of nitrogens with zero attached hydrogens (tertiary/aromatic N) is 2. The molecule has 2 aliphatic rings. The molecule has 2 atom stereocenters. The minimum absolute atomic E-state index is 0.0466. The molecule has 1 aromatic heterocycles. The first-order chi connectivity index (χ1) is 12.1. The third-order valence-electron chi connectivity index (χ3n) is 5.44. The Morgan fingerprint density at radius 1 is 1.36 bits per heavy atom. The van der Waals surface area contributed by atoms with Gasteiger partial charge in [-0.1, -0.05) is 31.4 Å². The van der Waals surface area contributed by atoms with E-state index < -0.39 is 0 Å². The molecule has 0 bridgehead atoms. The van der Waals surface area contributed by atoms with E-state index in [1.54, 1.807) is 0 Å². The second-order valence-corrected chi connectivity index (χ2v) is 7.40. The van der Waals surface area contributed by atoms with Crippen LogP contribution in [0, 0.1) is 12.8 Å². The minimum Gasteiger partial charge on any atom is -0.488 e. The molecule has 0 radical (unpaired) electrons. The molecule has 0 saturated heterocycles. The Hall–Kier alpha value is -2.30. The third-order valence-corrected chi connectivity index (χ3v) is 5.44. The first-order valence-electron chi connectivity index (χ1n) is 9.19. The van der Waals surface area contributed by atoms with E-state index in [4.69, 9.17) is 4.74 Å². The van der Waals surface area contributed by atoms with Crippen molar-refractivity contribution in [2.45, 2.75) is 58.7 Å². The topological polar surface area (TPSA) is 56.2 Å². The van der Waals surface area contributed by atoms with E-state index in [9.17, 15) is 4.79 Å². The second kappa shape index (κ2) is 6.54. The number of nitrogens with one attached hydrogen (secondary N) is 1. The highest BCUT2D eigenvalue weighted by Gasteiger charge is 2.26. The van der Waals surface area contributed by atoms with Gasteiger partial charge in [-0.2, -0.15) is 5.10 Å². The van der Waals surface area contributed by atoms with Crippen LogP contribution in [-0.4, -0.2) is 21.7 Å². The van der Waals surface area contributed by atoms with Gasteiger partial charge in [0.15, 0.2) is 0 Å². The molecule has 4 rings (SSSR count). The van der Waals surface area contributed by atoms with Gasteiger partial charge in [-0.3, -0.25) is 9.48 Å². The molecule has 5 nitrogen and oxygen atoms in total. The van der Waals surface area contributed by atoms with Crippen molar-refractivity contribution in [3.8, 4) is 17.0 Å². The Morgan fingerprint density at radius 3 is 3.04 bits per heavy atom. The molecule has 1 fully saturated rings. The number of benzene rings is 1. The first kappa shape index (κ1) is 16.2. The predicted octanol–water partition coefficient (Wildman–Crippen LogP) is 3.45. The van der Waals surface area contributed by atoms with Crippen molar-refractivity contribution in [1.29, 1.82) is 0 Å². The summed E-state index contributed by atoms with van der Waals surface area (Å²) in [7, 11) is 0. The van der Waals surface area contributed by atoms with E-state index in [2.05, 4.69) is 30.3 Å². The van der Waals surface area contributed by atoms with Gasteiger partial charge in [0, 0.05) is 17.2 Å². The fraction of sp³-hybridized carbons (Fsp3) is 0.500. The zero-order valence-corrected chi connectivity index (χ0v) is 14.9. The van der Waals surface area contributed by atoms with E-state index in [1.165, 1.54) is 24.8 Å². The number of amides is 1. The first-order valence-corrected chi connectivity index (χ1v) is 9.19. The molecule has 0 unspecified atom stereocenters. The number of carbonyl (C=O) groups is 1. The Labute approximate surface area is 148 Å². The highest BCUT2D eigenvalue weighted by Crippen LogP contribution is 2.37. The predicted molar refractivity (Wildman–Crippen MR) is 96.3 cm³/mol. The second-order valence-electron chi connectivity index (χ2n) is 7.40. The van der Waals surface area contributed by atoms with Crippen molar-refractivity contribution in [2.24, 2.45) is 5.92 Å². The molecule has 1 N–H and O–H groups in total. The summed E-state index contributed by atoms with van der Waals surface area (Å²) >= 11 is 0. The average molecular weight is 339 g/mol. The minimum atomic E-state index is 0.0466. The molecule has 1 aliphatic carbocycles. The molecule has 2 aromatic rings. The summed E-state index contributed by atoms with van der Waals surface area (Å²) in [5.41, 5.74) is 4.25. The lowest BCUT2D eigenvalue weighted by Crippen LogP contribution is -2.42. The third kappa shape index (κ3) is 3.15. The van der Waals surface area contributed by atoms with Crippen molar-refractivity contribution in [2.75, 3.05) is 0 Å². The van der Waals surface area contributed by atoms with E-state index >= 15 is 0 Å². The number of ether oxygens (including phenoxy) is 1. The number of aryl methyl sites for hydroxylation is 1. The monoisotopic (exact) mass is 339 g/mol.